The molecule has 0 aliphatic rings. The molecule has 0 saturated heterocycles. The van der Waals surface area contributed by atoms with Crippen LogP contribution >= 0.6 is 0 Å². The van der Waals surface area contributed by atoms with Gasteiger partial charge in [-0.3, -0.25) is 0 Å². The van der Waals surface area contributed by atoms with E-state index in [0.29, 0.717) is 12.8 Å². The van der Waals surface area contributed by atoms with Crippen molar-refractivity contribution in [1.82, 2.24) is 9.55 Å². The first-order chi connectivity index (χ1) is 5.84. The Hall–Kier alpha value is -1.27. The molecular weight excluding hydrogens is 152 g/mol. The quantitative estimate of drug-likeness (QED) is 0.640. The molecule has 0 aliphatic heterocycles. The van der Waals surface area contributed by atoms with E-state index in [1.807, 2.05) is 17.8 Å². The molecule has 0 atom stereocenters. The number of hydrogen-bond acceptors (Lipinski definition) is 2. The molecule has 0 fully saturated rings. The van der Waals surface area contributed by atoms with Crippen LogP contribution in [0.2, 0.25) is 0 Å². The predicted octanol–water partition coefficient (Wildman–Crippen LogP) is 0.348. The van der Waals surface area contributed by atoms with Gasteiger partial charge in [-0.2, -0.15) is 0 Å². The standard InChI is InChI=1S/C9H12N2O/c1-11-7-6-10-9(11)5-3-2-4-8-12/h6-7,12H,4-5,8H2,1H3. The molecule has 12 heavy (non-hydrogen) atoms. The van der Waals surface area contributed by atoms with Crippen molar-refractivity contribution in [2.75, 3.05) is 6.61 Å². The summed E-state index contributed by atoms with van der Waals surface area (Å²) in [6, 6.07) is 0. The number of aliphatic hydroxyl groups is 1. The van der Waals surface area contributed by atoms with Crippen molar-refractivity contribution in [3.05, 3.63) is 18.2 Å². The summed E-state index contributed by atoms with van der Waals surface area (Å²) in [4.78, 5) is 4.11. The van der Waals surface area contributed by atoms with Gasteiger partial charge in [-0.15, -0.1) is 5.92 Å². The molecule has 0 spiro atoms. The third-order valence-corrected chi connectivity index (χ3v) is 1.53. The molecule has 0 saturated carbocycles. The molecule has 0 bridgehead atoms. The van der Waals surface area contributed by atoms with Crippen molar-refractivity contribution >= 4 is 0 Å². The van der Waals surface area contributed by atoms with Gasteiger partial charge in [0, 0.05) is 25.9 Å². The second-order valence-corrected chi connectivity index (χ2v) is 2.46. The van der Waals surface area contributed by atoms with Gasteiger partial charge in [-0.05, 0) is 0 Å². The lowest BCUT2D eigenvalue weighted by molar-refractivity contribution is 0.305. The zero-order chi connectivity index (χ0) is 8.81. The van der Waals surface area contributed by atoms with Crippen LogP contribution in [0.5, 0.6) is 0 Å². The van der Waals surface area contributed by atoms with Crippen LogP contribution in [0.25, 0.3) is 0 Å². The Balaban J connectivity index is 2.44. The fourth-order valence-electron chi connectivity index (χ4n) is 0.853. The van der Waals surface area contributed by atoms with E-state index in [2.05, 4.69) is 16.8 Å². The predicted molar refractivity (Wildman–Crippen MR) is 46.4 cm³/mol. The van der Waals surface area contributed by atoms with E-state index in [4.69, 9.17) is 5.11 Å². The minimum Gasteiger partial charge on any atom is -0.395 e. The Morgan fingerprint density at radius 1 is 1.58 bits per heavy atom. The van der Waals surface area contributed by atoms with Gasteiger partial charge in [0.15, 0.2) is 0 Å². The molecule has 0 aliphatic carbocycles. The summed E-state index contributed by atoms with van der Waals surface area (Å²) >= 11 is 0. The third-order valence-electron chi connectivity index (χ3n) is 1.53. The maximum atomic E-state index is 8.45. The minimum absolute atomic E-state index is 0.133. The highest BCUT2D eigenvalue weighted by atomic mass is 16.2. The largest absolute Gasteiger partial charge is 0.395 e. The highest BCUT2D eigenvalue weighted by Crippen LogP contribution is 1.93. The zero-order valence-corrected chi connectivity index (χ0v) is 7.12. The summed E-state index contributed by atoms with van der Waals surface area (Å²) in [5.41, 5.74) is 0. The SMILES string of the molecule is Cn1ccnc1CC#CCCO. The number of rotatable bonds is 2. The van der Waals surface area contributed by atoms with Gasteiger partial charge >= 0.3 is 0 Å². The fourth-order valence-corrected chi connectivity index (χ4v) is 0.853. The Bertz CT molecular complexity index is 293. The maximum absolute atomic E-state index is 8.45. The van der Waals surface area contributed by atoms with Crippen LogP contribution in [-0.4, -0.2) is 21.3 Å². The molecule has 1 aromatic heterocycles. The Kier molecular flexibility index (Phi) is 3.36. The van der Waals surface area contributed by atoms with Crippen molar-refractivity contribution in [2.24, 2.45) is 7.05 Å². The van der Waals surface area contributed by atoms with E-state index in [0.717, 1.165) is 5.82 Å². The second kappa shape index (κ2) is 4.58. The molecule has 1 heterocycles. The van der Waals surface area contributed by atoms with Crippen LogP contribution in [-0.2, 0) is 13.5 Å². The summed E-state index contributed by atoms with van der Waals surface area (Å²) in [7, 11) is 1.94. The van der Waals surface area contributed by atoms with E-state index < -0.39 is 0 Å². The molecular formula is C9H12N2O. The van der Waals surface area contributed by atoms with Crippen molar-refractivity contribution in [3.63, 3.8) is 0 Å². The van der Waals surface area contributed by atoms with Crippen LogP contribution in [0.15, 0.2) is 12.4 Å². The Labute approximate surface area is 72.1 Å². The first-order valence-electron chi connectivity index (χ1n) is 3.87. The van der Waals surface area contributed by atoms with Gasteiger partial charge in [-0.1, -0.05) is 5.92 Å². The molecule has 1 N–H and O–H groups in total. The van der Waals surface area contributed by atoms with E-state index in [1.54, 1.807) is 6.20 Å². The van der Waals surface area contributed by atoms with Gasteiger partial charge in [0.2, 0.25) is 0 Å². The van der Waals surface area contributed by atoms with Crippen molar-refractivity contribution in [3.8, 4) is 11.8 Å². The van der Waals surface area contributed by atoms with Crippen molar-refractivity contribution < 1.29 is 5.11 Å². The highest BCUT2D eigenvalue weighted by molar-refractivity contribution is 5.07. The number of hydrogen-bond donors (Lipinski definition) is 1. The topological polar surface area (TPSA) is 38.0 Å². The summed E-state index contributed by atoms with van der Waals surface area (Å²) < 4.78 is 1.94. The van der Waals surface area contributed by atoms with Crippen LogP contribution < -0.4 is 0 Å². The molecule has 3 nitrogen and oxygen atoms in total. The molecule has 0 radical (unpaired) electrons. The summed E-state index contributed by atoms with van der Waals surface area (Å²) in [6.07, 6.45) is 4.85. The molecule has 1 rings (SSSR count). The zero-order valence-electron chi connectivity index (χ0n) is 7.12. The normalized spacial score (nSPS) is 9.17. The number of nitrogens with zero attached hydrogens (tertiary/aromatic N) is 2. The third kappa shape index (κ3) is 2.40. The van der Waals surface area contributed by atoms with Crippen LogP contribution in [0.1, 0.15) is 12.2 Å². The van der Waals surface area contributed by atoms with E-state index in [9.17, 15) is 0 Å². The Morgan fingerprint density at radius 3 is 3.00 bits per heavy atom. The second-order valence-electron chi connectivity index (χ2n) is 2.46. The van der Waals surface area contributed by atoms with Crippen molar-refractivity contribution in [1.29, 1.82) is 0 Å². The number of aryl methyl sites for hydroxylation is 1. The monoisotopic (exact) mass is 164 g/mol. The van der Waals surface area contributed by atoms with Gasteiger partial charge in [0.25, 0.3) is 0 Å². The highest BCUT2D eigenvalue weighted by Gasteiger charge is 1.93. The van der Waals surface area contributed by atoms with Gasteiger partial charge in [0.1, 0.15) is 5.82 Å². The van der Waals surface area contributed by atoms with Gasteiger partial charge in [0.05, 0.1) is 13.0 Å². The Morgan fingerprint density at radius 2 is 2.42 bits per heavy atom. The average Bonchev–Trinajstić information content (AvgIpc) is 2.46. The minimum atomic E-state index is 0.133. The summed E-state index contributed by atoms with van der Waals surface area (Å²) in [5.74, 6) is 6.74. The average molecular weight is 164 g/mol. The maximum Gasteiger partial charge on any atom is 0.120 e. The number of imidazole rings is 1. The first kappa shape index (κ1) is 8.82. The molecule has 0 unspecified atom stereocenters. The van der Waals surface area contributed by atoms with Crippen molar-refractivity contribution in [2.45, 2.75) is 12.8 Å². The van der Waals surface area contributed by atoms with Crippen LogP contribution in [0.4, 0.5) is 0 Å². The lowest BCUT2D eigenvalue weighted by Crippen LogP contribution is -1.94. The first-order valence-corrected chi connectivity index (χ1v) is 3.87. The summed E-state index contributed by atoms with van der Waals surface area (Å²) in [6.45, 7) is 0.133. The van der Waals surface area contributed by atoms with Crippen LogP contribution in [0, 0.1) is 11.8 Å². The molecule has 64 valence electrons. The lowest BCUT2D eigenvalue weighted by Gasteiger charge is -1.93. The number of aliphatic hydroxyl groups excluding tert-OH is 1. The van der Waals surface area contributed by atoms with Gasteiger partial charge < -0.3 is 9.67 Å². The lowest BCUT2D eigenvalue weighted by atomic mass is 10.3. The van der Waals surface area contributed by atoms with Crippen LogP contribution in [0.3, 0.4) is 0 Å². The van der Waals surface area contributed by atoms with Gasteiger partial charge in [-0.25, -0.2) is 4.98 Å². The fraction of sp³-hybridized carbons (Fsp3) is 0.444. The molecule has 3 heteroatoms. The molecule has 0 amide bonds. The smallest absolute Gasteiger partial charge is 0.120 e. The van der Waals surface area contributed by atoms with E-state index in [-0.39, 0.29) is 6.61 Å². The van der Waals surface area contributed by atoms with E-state index >= 15 is 0 Å². The summed E-state index contributed by atoms with van der Waals surface area (Å²) in [5, 5.41) is 8.45. The molecule has 0 aromatic carbocycles. The number of aromatic nitrogens is 2. The van der Waals surface area contributed by atoms with E-state index in [1.165, 1.54) is 0 Å². The molecule has 1 aromatic rings.